The van der Waals surface area contributed by atoms with Crippen molar-refractivity contribution in [3.05, 3.63) is 22.1 Å². The van der Waals surface area contributed by atoms with Crippen molar-refractivity contribution < 1.29 is 19.4 Å². The summed E-state index contributed by atoms with van der Waals surface area (Å²) in [6.45, 7) is 6.65. The highest BCUT2D eigenvalue weighted by molar-refractivity contribution is 5.91. The summed E-state index contributed by atoms with van der Waals surface area (Å²) in [7, 11) is 0. The number of hydrogen-bond acceptors (Lipinski definition) is 5. The first-order chi connectivity index (χ1) is 15.3. The van der Waals surface area contributed by atoms with Gasteiger partial charge in [-0.1, -0.05) is 24.5 Å². The maximum Gasteiger partial charge on any atom is 0.158 e. The van der Waals surface area contributed by atoms with Crippen molar-refractivity contribution in [2.75, 3.05) is 0 Å². The van der Waals surface area contributed by atoms with Gasteiger partial charge < -0.3 is 14.6 Å². The standard InChI is InChI=1S/C25H37N3O4/c1-14-23(30)20(27-28-26)13-22(31-14)32-21-7-6-18-17-5-4-15-12-16(29)8-10-24(15,2)19(17)9-11-25(18,21)3/h12,14,17-23,30H,4-11,13H2,1-3H3/t14-,17-,18-,19-,20+,21-,22+,23-,24-,25-/m0/s1. The van der Waals surface area contributed by atoms with Crippen LogP contribution in [0, 0.1) is 28.6 Å². The van der Waals surface area contributed by atoms with Crippen molar-refractivity contribution in [3.8, 4) is 0 Å². The van der Waals surface area contributed by atoms with Gasteiger partial charge in [-0.05, 0) is 92.1 Å². The number of carbonyl (C=O) groups is 1. The Balaban J connectivity index is 1.32. The van der Waals surface area contributed by atoms with Crippen LogP contribution in [-0.4, -0.2) is 41.5 Å². The molecular weight excluding hydrogens is 406 g/mol. The lowest BCUT2D eigenvalue weighted by molar-refractivity contribution is -0.255. The molecule has 4 aliphatic carbocycles. The second-order valence-corrected chi connectivity index (χ2v) is 11.5. The van der Waals surface area contributed by atoms with Gasteiger partial charge in [0, 0.05) is 17.8 Å². The Morgan fingerprint density at radius 1 is 1.19 bits per heavy atom. The summed E-state index contributed by atoms with van der Waals surface area (Å²) in [5.74, 6) is 2.32. The third-order valence-electron chi connectivity index (χ3n) is 10.1. The number of aliphatic hydroxyl groups is 1. The monoisotopic (exact) mass is 443 g/mol. The minimum Gasteiger partial charge on any atom is -0.390 e. The number of aliphatic hydroxyl groups excluding tert-OH is 1. The molecule has 3 saturated carbocycles. The van der Waals surface area contributed by atoms with Crippen LogP contribution in [-0.2, 0) is 14.3 Å². The van der Waals surface area contributed by atoms with Gasteiger partial charge in [-0.3, -0.25) is 4.79 Å². The summed E-state index contributed by atoms with van der Waals surface area (Å²) in [4.78, 5) is 15.0. The Kier molecular flexibility index (Phi) is 5.68. The highest BCUT2D eigenvalue weighted by Gasteiger charge is 2.59. The number of fused-ring (bicyclic) bond motifs is 5. The molecule has 4 fully saturated rings. The molecule has 176 valence electrons. The third kappa shape index (κ3) is 3.44. The largest absolute Gasteiger partial charge is 0.390 e. The lowest BCUT2D eigenvalue weighted by atomic mass is 9.47. The second kappa shape index (κ2) is 8.12. The summed E-state index contributed by atoms with van der Waals surface area (Å²) >= 11 is 0. The van der Waals surface area contributed by atoms with Crippen molar-refractivity contribution in [2.45, 2.75) is 109 Å². The van der Waals surface area contributed by atoms with Gasteiger partial charge in [0.25, 0.3) is 0 Å². The molecular formula is C25H37N3O4. The Bertz CT molecular complexity index is 854. The molecule has 0 aromatic heterocycles. The molecule has 7 nitrogen and oxygen atoms in total. The molecule has 0 aromatic carbocycles. The lowest BCUT2D eigenvalue weighted by Crippen LogP contribution is -2.53. The van der Waals surface area contributed by atoms with E-state index in [0.717, 1.165) is 25.7 Å². The maximum atomic E-state index is 12.0. The fraction of sp³-hybridized carbons (Fsp3) is 0.880. The van der Waals surface area contributed by atoms with Crippen molar-refractivity contribution >= 4 is 5.78 Å². The normalized spacial score (nSPS) is 50.5. The number of carbonyl (C=O) groups excluding carboxylic acids is 1. The average molecular weight is 444 g/mol. The topological polar surface area (TPSA) is 105 Å². The minimum atomic E-state index is -0.791. The molecule has 5 rings (SSSR count). The molecule has 0 aromatic rings. The number of azide groups is 1. The number of hydrogen-bond donors (Lipinski definition) is 1. The van der Waals surface area contributed by atoms with E-state index in [2.05, 4.69) is 23.9 Å². The van der Waals surface area contributed by atoms with Crippen LogP contribution in [0.5, 0.6) is 0 Å². The Morgan fingerprint density at radius 2 is 2.00 bits per heavy atom. The quantitative estimate of drug-likeness (QED) is 0.373. The van der Waals surface area contributed by atoms with Crippen molar-refractivity contribution in [1.82, 2.24) is 0 Å². The van der Waals surface area contributed by atoms with Crippen LogP contribution in [0.4, 0.5) is 0 Å². The zero-order valence-corrected chi connectivity index (χ0v) is 19.6. The molecule has 0 unspecified atom stereocenters. The van der Waals surface area contributed by atoms with Crippen LogP contribution in [0.1, 0.15) is 78.6 Å². The molecule has 10 atom stereocenters. The van der Waals surface area contributed by atoms with E-state index >= 15 is 0 Å². The van der Waals surface area contributed by atoms with Gasteiger partial charge in [-0.15, -0.1) is 0 Å². The zero-order valence-electron chi connectivity index (χ0n) is 19.6. The van der Waals surface area contributed by atoms with Crippen molar-refractivity contribution in [2.24, 2.45) is 33.7 Å². The van der Waals surface area contributed by atoms with Crippen LogP contribution in [0.3, 0.4) is 0 Å². The molecule has 1 N–H and O–H groups in total. The van der Waals surface area contributed by atoms with Gasteiger partial charge in [-0.25, -0.2) is 0 Å². The van der Waals surface area contributed by atoms with E-state index in [9.17, 15) is 9.90 Å². The molecule has 0 amide bonds. The molecule has 32 heavy (non-hydrogen) atoms. The summed E-state index contributed by atoms with van der Waals surface area (Å²) in [6, 6.07) is -0.507. The minimum absolute atomic E-state index is 0.125. The number of ketones is 1. The average Bonchev–Trinajstić information content (AvgIpc) is 3.08. The first kappa shape index (κ1) is 22.4. The summed E-state index contributed by atoms with van der Waals surface area (Å²) in [6.07, 6.45) is 9.39. The number of rotatable bonds is 3. The first-order valence-corrected chi connectivity index (χ1v) is 12.5. The molecule has 1 saturated heterocycles. The Labute approximate surface area is 190 Å². The Hall–Kier alpha value is -1.40. The number of ether oxygens (including phenoxy) is 2. The van der Waals surface area contributed by atoms with Crippen LogP contribution in [0.15, 0.2) is 16.8 Å². The molecule has 7 heteroatoms. The van der Waals surface area contributed by atoms with Gasteiger partial charge in [-0.2, -0.15) is 0 Å². The van der Waals surface area contributed by atoms with Crippen LogP contribution in [0.25, 0.3) is 10.4 Å². The molecule has 0 radical (unpaired) electrons. The van der Waals surface area contributed by atoms with Crippen molar-refractivity contribution in [3.63, 3.8) is 0 Å². The molecule has 0 bridgehead atoms. The summed E-state index contributed by atoms with van der Waals surface area (Å²) in [5, 5.41) is 14.1. The van der Waals surface area contributed by atoms with Gasteiger partial charge in [0.05, 0.1) is 24.4 Å². The SMILES string of the molecule is C[C@@H]1O[C@H](O[C@H]2CC[C@H]3[C@@H]4CCC5=CC(=O)CC[C@]5(C)[C@H]4CC[C@]23C)C[C@@H](N=[N+]=[N-])[C@H]1O. The Morgan fingerprint density at radius 3 is 2.78 bits per heavy atom. The van der Waals surface area contributed by atoms with E-state index in [1.165, 1.54) is 24.8 Å². The molecule has 0 spiro atoms. The van der Waals surface area contributed by atoms with Gasteiger partial charge in [0.15, 0.2) is 12.1 Å². The summed E-state index contributed by atoms with van der Waals surface area (Å²) in [5.41, 5.74) is 10.6. The lowest BCUT2D eigenvalue weighted by Gasteiger charge is -2.58. The molecule has 1 aliphatic heterocycles. The van der Waals surface area contributed by atoms with Gasteiger partial charge in [0.2, 0.25) is 0 Å². The van der Waals surface area contributed by atoms with E-state index in [1.54, 1.807) is 0 Å². The maximum absolute atomic E-state index is 12.0. The zero-order chi connectivity index (χ0) is 22.7. The van der Waals surface area contributed by atoms with Gasteiger partial charge in [0.1, 0.15) is 0 Å². The van der Waals surface area contributed by atoms with E-state index in [4.69, 9.17) is 15.0 Å². The highest BCUT2D eigenvalue weighted by Crippen LogP contribution is 2.65. The third-order valence-corrected chi connectivity index (χ3v) is 10.1. The fourth-order valence-electron chi connectivity index (χ4n) is 8.21. The first-order valence-electron chi connectivity index (χ1n) is 12.5. The van der Waals surface area contributed by atoms with E-state index in [-0.39, 0.29) is 16.9 Å². The highest BCUT2D eigenvalue weighted by atomic mass is 16.7. The molecule has 5 aliphatic rings. The fourth-order valence-corrected chi connectivity index (χ4v) is 8.21. The van der Waals surface area contributed by atoms with Gasteiger partial charge >= 0.3 is 0 Å². The van der Waals surface area contributed by atoms with E-state index in [0.29, 0.717) is 36.4 Å². The molecule has 1 heterocycles. The van der Waals surface area contributed by atoms with Crippen LogP contribution >= 0.6 is 0 Å². The summed E-state index contributed by atoms with van der Waals surface area (Å²) < 4.78 is 12.5. The van der Waals surface area contributed by atoms with Crippen LogP contribution < -0.4 is 0 Å². The van der Waals surface area contributed by atoms with E-state index < -0.39 is 24.5 Å². The predicted octanol–water partition coefficient (Wildman–Crippen LogP) is 5.08. The predicted molar refractivity (Wildman–Crippen MR) is 119 cm³/mol. The van der Waals surface area contributed by atoms with Crippen molar-refractivity contribution in [1.29, 1.82) is 0 Å². The number of nitrogens with zero attached hydrogens (tertiary/aromatic N) is 3. The number of allylic oxidation sites excluding steroid dienone is 1. The smallest absolute Gasteiger partial charge is 0.158 e. The van der Waals surface area contributed by atoms with Crippen LogP contribution in [0.2, 0.25) is 0 Å². The second-order valence-electron chi connectivity index (χ2n) is 11.5. The van der Waals surface area contributed by atoms with E-state index in [1.807, 2.05) is 13.0 Å².